The molecule has 4 rings (SSSR count). The molecule has 1 aliphatic heterocycles. The lowest BCUT2D eigenvalue weighted by Gasteiger charge is -2.16. The summed E-state index contributed by atoms with van der Waals surface area (Å²) >= 11 is 0. The number of hydrazone groups is 1. The Morgan fingerprint density at radius 2 is 1.93 bits per heavy atom. The van der Waals surface area contributed by atoms with Crippen LogP contribution in [-0.2, 0) is 16.1 Å². The van der Waals surface area contributed by atoms with Crippen molar-refractivity contribution in [1.82, 2.24) is 9.91 Å². The van der Waals surface area contributed by atoms with E-state index in [1.165, 1.54) is 11.4 Å². The lowest BCUT2D eigenvalue weighted by molar-refractivity contribution is -0.136. The first-order valence-electron chi connectivity index (χ1n) is 10.3. The highest BCUT2D eigenvalue weighted by Gasteiger charge is 2.36. The van der Waals surface area contributed by atoms with E-state index >= 15 is 0 Å². The van der Waals surface area contributed by atoms with Gasteiger partial charge in [0.25, 0.3) is 0 Å². The summed E-state index contributed by atoms with van der Waals surface area (Å²) in [5, 5.41) is 5.93. The second-order valence-electron chi connectivity index (χ2n) is 8.05. The number of nitrogens with zero attached hydrogens (tertiary/aromatic N) is 3. The minimum absolute atomic E-state index is 0.0671. The smallest absolute Gasteiger partial charge is 0.243 e. The summed E-state index contributed by atoms with van der Waals surface area (Å²) in [5.41, 5.74) is 1.96. The molecule has 0 bridgehead atoms. The van der Waals surface area contributed by atoms with Gasteiger partial charge in [-0.1, -0.05) is 37.3 Å². The molecular formula is C23H27N3O3. The predicted octanol–water partition coefficient (Wildman–Crippen LogP) is 3.78. The molecule has 2 amide bonds. The number of furan rings is 1. The molecule has 6 nitrogen and oxygen atoms in total. The number of hydrogen-bond donors (Lipinski definition) is 0. The Hall–Kier alpha value is -2.89. The molecule has 1 aromatic heterocycles. The maximum atomic E-state index is 12.5. The van der Waals surface area contributed by atoms with Crippen LogP contribution in [0.25, 0.3) is 0 Å². The van der Waals surface area contributed by atoms with E-state index in [0.717, 1.165) is 29.2 Å². The van der Waals surface area contributed by atoms with Crippen LogP contribution in [-0.4, -0.2) is 41.0 Å². The molecule has 152 valence electrons. The molecule has 1 aromatic carbocycles. The van der Waals surface area contributed by atoms with Crippen LogP contribution in [0.5, 0.6) is 0 Å². The predicted molar refractivity (Wildman–Crippen MR) is 110 cm³/mol. The van der Waals surface area contributed by atoms with Crippen molar-refractivity contribution >= 4 is 17.5 Å². The van der Waals surface area contributed by atoms with E-state index in [1.807, 2.05) is 42.5 Å². The summed E-state index contributed by atoms with van der Waals surface area (Å²) in [6.45, 7) is 3.21. The number of rotatable bonds is 7. The van der Waals surface area contributed by atoms with Crippen LogP contribution in [0.2, 0.25) is 0 Å². The second kappa shape index (κ2) is 8.23. The highest BCUT2D eigenvalue weighted by molar-refractivity contribution is 6.02. The Morgan fingerprint density at radius 1 is 1.17 bits per heavy atom. The fourth-order valence-electron chi connectivity index (χ4n) is 3.72. The van der Waals surface area contributed by atoms with Crippen LogP contribution >= 0.6 is 0 Å². The van der Waals surface area contributed by atoms with Crippen molar-refractivity contribution in [2.75, 3.05) is 13.6 Å². The summed E-state index contributed by atoms with van der Waals surface area (Å²) in [5.74, 6) is 2.85. The Balaban J connectivity index is 1.25. The molecule has 6 heteroatoms. The van der Waals surface area contributed by atoms with E-state index in [1.54, 1.807) is 11.9 Å². The third kappa shape index (κ3) is 4.58. The third-order valence-electron chi connectivity index (χ3n) is 5.73. The van der Waals surface area contributed by atoms with Gasteiger partial charge in [0.2, 0.25) is 11.8 Å². The van der Waals surface area contributed by atoms with Crippen molar-refractivity contribution in [3.8, 4) is 0 Å². The number of benzene rings is 1. The first-order chi connectivity index (χ1) is 14.0. The van der Waals surface area contributed by atoms with Gasteiger partial charge in [-0.2, -0.15) is 5.10 Å². The Kier molecular flexibility index (Phi) is 5.51. The fraction of sp³-hybridized carbons (Fsp3) is 0.435. The molecule has 2 aromatic rings. The minimum Gasteiger partial charge on any atom is -0.464 e. The molecule has 2 heterocycles. The van der Waals surface area contributed by atoms with Crippen molar-refractivity contribution in [3.63, 3.8) is 0 Å². The highest BCUT2D eigenvalue weighted by Crippen LogP contribution is 2.47. The monoisotopic (exact) mass is 393 g/mol. The maximum Gasteiger partial charge on any atom is 0.243 e. The van der Waals surface area contributed by atoms with Gasteiger partial charge in [-0.15, -0.1) is 0 Å². The zero-order valence-corrected chi connectivity index (χ0v) is 17.0. The molecule has 1 aliphatic carbocycles. The maximum absolute atomic E-state index is 12.5. The SMILES string of the molecule is CC1CC1c1ccc(CN(C)C(=O)CCC(=O)N2CCC(c3ccccc3)=N2)o1. The molecule has 29 heavy (non-hydrogen) atoms. The van der Waals surface area contributed by atoms with Gasteiger partial charge in [0.05, 0.1) is 18.8 Å². The first-order valence-corrected chi connectivity index (χ1v) is 10.3. The topological polar surface area (TPSA) is 66.1 Å². The molecule has 0 spiro atoms. The van der Waals surface area contributed by atoms with Crippen LogP contribution in [0.1, 0.15) is 55.6 Å². The van der Waals surface area contributed by atoms with Crippen LogP contribution in [0.4, 0.5) is 0 Å². The van der Waals surface area contributed by atoms with Crippen LogP contribution in [0.3, 0.4) is 0 Å². The quantitative estimate of drug-likeness (QED) is 0.719. The van der Waals surface area contributed by atoms with Gasteiger partial charge >= 0.3 is 0 Å². The van der Waals surface area contributed by atoms with Crippen LogP contribution in [0.15, 0.2) is 52.0 Å². The van der Waals surface area contributed by atoms with Crippen molar-refractivity contribution in [2.45, 2.75) is 45.1 Å². The van der Waals surface area contributed by atoms with Gasteiger partial charge < -0.3 is 9.32 Å². The van der Waals surface area contributed by atoms with E-state index in [2.05, 4.69) is 12.0 Å². The van der Waals surface area contributed by atoms with Gasteiger partial charge in [-0.3, -0.25) is 9.59 Å². The van der Waals surface area contributed by atoms with Gasteiger partial charge in [0.1, 0.15) is 11.5 Å². The molecule has 2 aliphatic rings. The number of carbonyl (C=O) groups excluding carboxylic acids is 2. The zero-order chi connectivity index (χ0) is 20.4. The van der Waals surface area contributed by atoms with Crippen LogP contribution in [0, 0.1) is 5.92 Å². The molecule has 2 atom stereocenters. The molecule has 2 unspecified atom stereocenters. The lowest BCUT2D eigenvalue weighted by Crippen LogP contribution is -2.29. The minimum atomic E-state index is -0.110. The molecule has 1 fully saturated rings. The standard InChI is InChI=1S/C23H27N3O3/c1-16-14-19(16)21-9-8-18(29-21)15-25(2)22(27)10-11-23(28)26-13-12-20(24-26)17-6-4-3-5-7-17/h3-9,16,19H,10-15H2,1-2H3. The fourth-order valence-corrected chi connectivity index (χ4v) is 3.72. The van der Waals surface area contributed by atoms with Crippen molar-refractivity contribution < 1.29 is 14.0 Å². The Morgan fingerprint density at radius 3 is 2.66 bits per heavy atom. The van der Waals surface area contributed by atoms with Gasteiger partial charge in [0.15, 0.2) is 0 Å². The van der Waals surface area contributed by atoms with Crippen molar-refractivity contribution in [2.24, 2.45) is 11.0 Å². The number of hydrogen-bond acceptors (Lipinski definition) is 4. The molecule has 0 radical (unpaired) electrons. The average Bonchev–Trinajstić information content (AvgIpc) is 3.14. The van der Waals surface area contributed by atoms with E-state index < -0.39 is 0 Å². The van der Waals surface area contributed by atoms with E-state index in [4.69, 9.17) is 4.42 Å². The van der Waals surface area contributed by atoms with Crippen LogP contribution < -0.4 is 0 Å². The number of carbonyl (C=O) groups is 2. The molecular weight excluding hydrogens is 366 g/mol. The van der Waals surface area contributed by atoms with Gasteiger partial charge in [-0.05, 0) is 30.0 Å². The Bertz CT molecular complexity index is 918. The van der Waals surface area contributed by atoms with E-state index in [9.17, 15) is 9.59 Å². The molecule has 1 saturated carbocycles. The average molecular weight is 393 g/mol. The largest absolute Gasteiger partial charge is 0.464 e. The molecule has 0 N–H and O–H groups in total. The summed E-state index contributed by atoms with van der Waals surface area (Å²) < 4.78 is 5.87. The lowest BCUT2D eigenvalue weighted by atomic mass is 10.1. The molecule has 0 saturated heterocycles. The normalized spacial score (nSPS) is 20.5. The van der Waals surface area contributed by atoms with E-state index in [0.29, 0.717) is 24.9 Å². The van der Waals surface area contributed by atoms with Crippen molar-refractivity contribution in [1.29, 1.82) is 0 Å². The second-order valence-corrected chi connectivity index (χ2v) is 8.05. The summed E-state index contributed by atoms with van der Waals surface area (Å²) in [4.78, 5) is 26.5. The Labute approximate surface area is 171 Å². The highest BCUT2D eigenvalue weighted by atomic mass is 16.3. The van der Waals surface area contributed by atoms with E-state index in [-0.39, 0.29) is 24.7 Å². The first kappa shape index (κ1) is 19.4. The zero-order valence-electron chi connectivity index (χ0n) is 17.0. The third-order valence-corrected chi connectivity index (χ3v) is 5.73. The number of amides is 2. The summed E-state index contributed by atoms with van der Waals surface area (Å²) in [6.07, 6.45) is 2.26. The summed E-state index contributed by atoms with van der Waals surface area (Å²) in [6, 6.07) is 13.8. The van der Waals surface area contributed by atoms with Gasteiger partial charge in [0, 0.05) is 32.2 Å². The van der Waals surface area contributed by atoms with Crippen molar-refractivity contribution in [3.05, 3.63) is 59.5 Å². The van der Waals surface area contributed by atoms with Gasteiger partial charge in [-0.25, -0.2) is 5.01 Å². The summed E-state index contributed by atoms with van der Waals surface area (Å²) in [7, 11) is 1.75.